The molecule has 0 radical (unpaired) electrons. The molecule has 1 aliphatic heterocycles. The minimum Gasteiger partial charge on any atom is -0.399 e. The first-order valence-corrected chi connectivity index (χ1v) is 9.75. The van der Waals surface area contributed by atoms with Crippen molar-refractivity contribution in [2.24, 2.45) is 5.92 Å². The van der Waals surface area contributed by atoms with Gasteiger partial charge in [0.05, 0.1) is 5.92 Å². The topological polar surface area (TPSA) is 62.1 Å². The summed E-state index contributed by atoms with van der Waals surface area (Å²) < 4.78 is 0. The number of benzene rings is 2. The van der Waals surface area contributed by atoms with E-state index in [1.807, 2.05) is 18.2 Å². The van der Waals surface area contributed by atoms with Gasteiger partial charge in [0.1, 0.15) is 5.78 Å². The van der Waals surface area contributed by atoms with Crippen molar-refractivity contribution in [3.8, 4) is 0 Å². The Labute approximate surface area is 160 Å². The Bertz CT molecular complexity index is 923. The summed E-state index contributed by atoms with van der Waals surface area (Å²) in [5, 5.41) is 1.08. The van der Waals surface area contributed by atoms with Crippen molar-refractivity contribution >= 4 is 22.4 Å². The molecule has 4 nitrogen and oxygen atoms in total. The third-order valence-corrected chi connectivity index (χ3v) is 5.79. The van der Waals surface area contributed by atoms with Gasteiger partial charge < -0.3 is 10.7 Å². The van der Waals surface area contributed by atoms with Crippen LogP contribution in [0.1, 0.15) is 36.9 Å². The molecular formula is C23H27N3O. The normalized spacial score (nSPS) is 17.2. The van der Waals surface area contributed by atoms with E-state index in [4.69, 9.17) is 5.73 Å². The molecule has 1 atom stereocenters. The summed E-state index contributed by atoms with van der Waals surface area (Å²) in [6, 6.07) is 18.6. The number of ketones is 1. The predicted molar refractivity (Wildman–Crippen MR) is 111 cm³/mol. The fraction of sp³-hybridized carbons (Fsp3) is 0.348. The highest BCUT2D eigenvalue weighted by molar-refractivity contribution is 5.88. The monoisotopic (exact) mass is 361 g/mol. The van der Waals surface area contributed by atoms with Gasteiger partial charge in [0.2, 0.25) is 0 Å². The number of nitrogens with one attached hydrogen (secondary N) is 1. The van der Waals surface area contributed by atoms with Crippen LogP contribution in [0.2, 0.25) is 0 Å². The van der Waals surface area contributed by atoms with Gasteiger partial charge in [-0.1, -0.05) is 30.3 Å². The van der Waals surface area contributed by atoms with Crippen molar-refractivity contribution in [1.82, 2.24) is 9.88 Å². The number of rotatable bonds is 5. The summed E-state index contributed by atoms with van der Waals surface area (Å²) in [5.41, 5.74) is 10.1. The summed E-state index contributed by atoms with van der Waals surface area (Å²) in [6.45, 7) is 4.79. The molecule has 2 heterocycles. The molecule has 1 unspecified atom stereocenters. The van der Waals surface area contributed by atoms with Gasteiger partial charge in [-0.25, -0.2) is 0 Å². The van der Waals surface area contributed by atoms with Crippen LogP contribution in [0.25, 0.3) is 10.9 Å². The van der Waals surface area contributed by atoms with Gasteiger partial charge in [-0.3, -0.25) is 9.69 Å². The second-order valence-electron chi connectivity index (χ2n) is 7.76. The van der Waals surface area contributed by atoms with E-state index >= 15 is 0 Å². The summed E-state index contributed by atoms with van der Waals surface area (Å²) in [7, 11) is 0. The van der Waals surface area contributed by atoms with Crippen molar-refractivity contribution in [1.29, 1.82) is 0 Å². The highest BCUT2D eigenvalue weighted by Crippen LogP contribution is 2.35. The van der Waals surface area contributed by atoms with Crippen molar-refractivity contribution in [2.45, 2.75) is 32.2 Å². The molecule has 3 N–H and O–H groups in total. The fourth-order valence-corrected chi connectivity index (χ4v) is 4.43. The number of likely N-dealkylation sites (tertiary alicyclic amines) is 1. The number of carbonyl (C=O) groups excluding carboxylic acids is 1. The molecule has 0 aliphatic carbocycles. The molecule has 0 spiro atoms. The Morgan fingerprint density at radius 2 is 1.89 bits per heavy atom. The maximum Gasteiger partial charge on any atom is 0.139 e. The van der Waals surface area contributed by atoms with E-state index in [0.717, 1.165) is 54.8 Å². The van der Waals surface area contributed by atoms with Gasteiger partial charge in [0, 0.05) is 28.8 Å². The molecular weight excluding hydrogens is 334 g/mol. The Morgan fingerprint density at radius 3 is 2.59 bits per heavy atom. The lowest BCUT2D eigenvalue weighted by atomic mass is 9.80. The maximum atomic E-state index is 12.5. The Kier molecular flexibility index (Phi) is 4.99. The van der Waals surface area contributed by atoms with Gasteiger partial charge in [-0.05, 0) is 68.6 Å². The molecule has 0 bridgehead atoms. The third-order valence-electron chi connectivity index (χ3n) is 5.79. The van der Waals surface area contributed by atoms with Gasteiger partial charge in [0.15, 0.2) is 0 Å². The molecule has 0 saturated carbocycles. The lowest BCUT2D eigenvalue weighted by Crippen LogP contribution is -2.36. The van der Waals surface area contributed by atoms with E-state index < -0.39 is 0 Å². The number of hydrogen-bond acceptors (Lipinski definition) is 3. The number of nitrogens with two attached hydrogens (primary N) is 1. The largest absolute Gasteiger partial charge is 0.399 e. The van der Waals surface area contributed by atoms with E-state index in [9.17, 15) is 4.79 Å². The van der Waals surface area contributed by atoms with Crippen LogP contribution in [-0.4, -0.2) is 28.8 Å². The summed E-state index contributed by atoms with van der Waals surface area (Å²) in [4.78, 5) is 18.5. The molecule has 4 heteroatoms. The highest BCUT2D eigenvalue weighted by Gasteiger charge is 2.31. The number of aromatic nitrogens is 1. The highest BCUT2D eigenvalue weighted by atomic mass is 16.1. The van der Waals surface area contributed by atoms with E-state index in [1.165, 1.54) is 5.56 Å². The van der Waals surface area contributed by atoms with Crippen LogP contribution in [0, 0.1) is 5.92 Å². The average molecular weight is 361 g/mol. The fourth-order valence-electron chi connectivity index (χ4n) is 4.43. The molecule has 4 rings (SSSR count). The molecule has 2 aromatic carbocycles. The van der Waals surface area contributed by atoms with E-state index in [-0.39, 0.29) is 11.7 Å². The van der Waals surface area contributed by atoms with Crippen LogP contribution in [-0.2, 0) is 11.3 Å². The third kappa shape index (κ3) is 3.91. The van der Waals surface area contributed by atoms with Gasteiger partial charge >= 0.3 is 0 Å². The van der Waals surface area contributed by atoms with Crippen molar-refractivity contribution in [2.75, 3.05) is 18.8 Å². The first-order chi connectivity index (χ1) is 13.1. The van der Waals surface area contributed by atoms with Crippen LogP contribution < -0.4 is 5.73 Å². The molecule has 140 valence electrons. The Balaban J connectivity index is 1.47. The van der Waals surface area contributed by atoms with Crippen LogP contribution in [0.3, 0.4) is 0 Å². The minimum atomic E-state index is -0.0579. The number of H-pyrrole nitrogens is 1. The molecule has 1 aliphatic rings. The van der Waals surface area contributed by atoms with Crippen molar-refractivity contribution < 1.29 is 4.79 Å². The molecule has 27 heavy (non-hydrogen) atoms. The van der Waals surface area contributed by atoms with E-state index in [1.54, 1.807) is 6.92 Å². The summed E-state index contributed by atoms with van der Waals surface area (Å²) >= 11 is 0. The zero-order valence-corrected chi connectivity index (χ0v) is 15.8. The second kappa shape index (κ2) is 7.57. The van der Waals surface area contributed by atoms with Crippen LogP contribution in [0.5, 0.6) is 0 Å². The predicted octanol–water partition coefficient (Wildman–Crippen LogP) is 4.33. The van der Waals surface area contributed by atoms with Crippen LogP contribution in [0.4, 0.5) is 5.69 Å². The standard InChI is InChI=1S/C23H27N3O/c1-16(27)23(22-14-19-13-20(24)7-8-21(19)25-22)18-9-11-26(12-10-18)15-17-5-3-2-4-6-17/h2-8,13-14,18,23,25H,9-12,15,24H2,1H3. The van der Waals surface area contributed by atoms with E-state index in [0.29, 0.717) is 5.92 Å². The number of piperidine rings is 1. The van der Waals surface area contributed by atoms with Crippen LogP contribution >= 0.6 is 0 Å². The molecule has 0 amide bonds. The smallest absolute Gasteiger partial charge is 0.139 e. The van der Waals surface area contributed by atoms with Gasteiger partial charge in [-0.2, -0.15) is 0 Å². The molecule has 1 saturated heterocycles. The minimum absolute atomic E-state index is 0.0579. The first kappa shape index (κ1) is 17.8. The summed E-state index contributed by atoms with van der Waals surface area (Å²) in [5.74, 6) is 0.577. The Morgan fingerprint density at radius 1 is 1.15 bits per heavy atom. The number of aromatic amines is 1. The number of hydrogen-bond donors (Lipinski definition) is 2. The summed E-state index contributed by atoms with van der Waals surface area (Å²) in [6.07, 6.45) is 2.10. The quantitative estimate of drug-likeness (QED) is 0.665. The lowest BCUT2D eigenvalue weighted by molar-refractivity contribution is -0.120. The maximum absolute atomic E-state index is 12.5. The number of nitrogen functional groups attached to an aromatic ring is 1. The van der Waals surface area contributed by atoms with Crippen molar-refractivity contribution in [3.05, 3.63) is 65.9 Å². The molecule has 1 fully saturated rings. The molecule has 3 aromatic rings. The van der Waals surface area contributed by atoms with Crippen LogP contribution in [0.15, 0.2) is 54.6 Å². The second-order valence-corrected chi connectivity index (χ2v) is 7.76. The molecule has 1 aromatic heterocycles. The SMILES string of the molecule is CC(=O)C(c1cc2cc(N)ccc2[nH]1)C1CCN(Cc2ccccc2)CC1. The number of fused-ring (bicyclic) bond motifs is 1. The average Bonchev–Trinajstić information content (AvgIpc) is 3.06. The number of Topliss-reactive ketones (excluding diaryl/α,β-unsaturated/α-hetero) is 1. The zero-order valence-electron chi connectivity index (χ0n) is 15.8. The number of carbonyl (C=O) groups is 1. The van der Waals surface area contributed by atoms with Gasteiger partial charge in [-0.15, -0.1) is 0 Å². The van der Waals surface area contributed by atoms with Gasteiger partial charge in [0.25, 0.3) is 0 Å². The lowest BCUT2D eigenvalue weighted by Gasteiger charge is -2.35. The number of anilines is 1. The first-order valence-electron chi connectivity index (χ1n) is 9.75. The zero-order chi connectivity index (χ0) is 18.8. The van der Waals surface area contributed by atoms with E-state index in [2.05, 4.69) is 46.3 Å². The van der Waals surface area contributed by atoms with Crippen molar-refractivity contribution in [3.63, 3.8) is 0 Å². The number of nitrogens with zero attached hydrogens (tertiary/aromatic N) is 1. The Hall–Kier alpha value is -2.59.